The van der Waals surface area contributed by atoms with Crippen molar-refractivity contribution in [3.8, 4) is 5.75 Å². The van der Waals surface area contributed by atoms with Crippen LogP contribution in [-0.2, 0) is 6.42 Å². The highest BCUT2D eigenvalue weighted by molar-refractivity contribution is 5.41. The van der Waals surface area contributed by atoms with Crippen LogP contribution in [0.1, 0.15) is 56.7 Å². The molecule has 0 amide bonds. The minimum Gasteiger partial charge on any atom is -0.493 e. The second kappa shape index (κ2) is 5.98. The summed E-state index contributed by atoms with van der Waals surface area (Å²) in [5.74, 6) is 1.04. The lowest BCUT2D eigenvalue weighted by Crippen LogP contribution is -2.54. The van der Waals surface area contributed by atoms with Gasteiger partial charge < -0.3 is 10.5 Å². The van der Waals surface area contributed by atoms with Gasteiger partial charge in [0, 0.05) is 18.0 Å². The Labute approximate surface area is 128 Å². The molecule has 0 radical (unpaired) electrons. The van der Waals surface area contributed by atoms with Crippen LogP contribution >= 0.6 is 0 Å². The molecule has 1 saturated heterocycles. The molecule has 2 aliphatic rings. The first-order chi connectivity index (χ1) is 10.1. The fraction of sp³-hybridized carbons (Fsp3) is 0.667. The lowest BCUT2D eigenvalue weighted by molar-refractivity contribution is 0.0542. The minimum atomic E-state index is 0.0497. The van der Waals surface area contributed by atoms with E-state index in [0.29, 0.717) is 0 Å². The maximum absolute atomic E-state index is 6.73. The summed E-state index contributed by atoms with van der Waals surface area (Å²) < 4.78 is 5.61. The van der Waals surface area contributed by atoms with Crippen molar-refractivity contribution in [2.75, 3.05) is 19.7 Å². The van der Waals surface area contributed by atoms with Crippen LogP contribution in [0, 0.1) is 0 Å². The molecule has 0 aliphatic carbocycles. The van der Waals surface area contributed by atoms with Gasteiger partial charge in [-0.2, -0.15) is 0 Å². The molecule has 116 valence electrons. The Hall–Kier alpha value is -1.06. The lowest BCUT2D eigenvalue weighted by Gasteiger charge is -2.47. The van der Waals surface area contributed by atoms with E-state index in [0.717, 1.165) is 25.2 Å². The van der Waals surface area contributed by atoms with Crippen molar-refractivity contribution in [3.63, 3.8) is 0 Å². The van der Waals surface area contributed by atoms with Gasteiger partial charge in [-0.05, 0) is 56.5 Å². The van der Waals surface area contributed by atoms with E-state index < -0.39 is 0 Å². The number of hydrogen-bond acceptors (Lipinski definition) is 3. The molecule has 2 N–H and O–H groups in total. The quantitative estimate of drug-likeness (QED) is 0.924. The minimum absolute atomic E-state index is 0.0497. The van der Waals surface area contributed by atoms with E-state index >= 15 is 0 Å². The van der Waals surface area contributed by atoms with Gasteiger partial charge in [0.2, 0.25) is 0 Å². The molecule has 2 heterocycles. The zero-order valence-electron chi connectivity index (χ0n) is 13.4. The highest BCUT2D eigenvalue weighted by Gasteiger charge is 2.37. The van der Waals surface area contributed by atoms with Crippen molar-refractivity contribution in [1.29, 1.82) is 0 Å². The maximum Gasteiger partial charge on any atom is 0.122 e. The predicted octanol–water partition coefficient (Wildman–Crippen LogP) is 3.28. The van der Waals surface area contributed by atoms with Crippen LogP contribution in [0.3, 0.4) is 0 Å². The Kier molecular flexibility index (Phi) is 4.23. The fourth-order valence-corrected chi connectivity index (χ4v) is 3.80. The fourth-order valence-electron chi connectivity index (χ4n) is 3.80. The first kappa shape index (κ1) is 14.9. The lowest BCUT2D eigenvalue weighted by atomic mass is 9.82. The maximum atomic E-state index is 6.73. The summed E-state index contributed by atoms with van der Waals surface area (Å²) in [5.41, 5.74) is 9.35. The smallest absolute Gasteiger partial charge is 0.122 e. The Bertz CT molecular complexity index is 496. The normalized spacial score (nSPS) is 23.2. The molecule has 2 aliphatic heterocycles. The van der Waals surface area contributed by atoms with E-state index in [1.165, 1.54) is 43.5 Å². The van der Waals surface area contributed by atoms with E-state index in [2.05, 4.69) is 36.9 Å². The number of hydrogen-bond donors (Lipinski definition) is 1. The van der Waals surface area contributed by atoms with Crippen LogP contribution in [0.2, 0.25) is 0 Å². The van der Waals surface area contributed by atoms with Crippen LogP contribution in [-0.4, -0.2) is 30.1 Å². The van der Waals surface area contributed by atoms with Crippen LogP contribution in [0.15, 0.2) is 18.2 Å². The first-order valence-electron chi connectivity index (χ1n) is 8.41. The van der Waals surface area contributed by atoms with Gasteiger partial charge in [0.1, 0.15) is 5.75 Å². The van der Waals surface area contributed by atoms with Crippen LogP contribution in [0.5, 0.6) is 5.75 Å². The third-order valence-electron chi connectivity index (χ3n) is 5.54. The number of benzene rings is 1. The first-order valence-corrected chi connectivity index (χ1v) is 8.41. The van der Waals surface area contributed by atoms with Crippen molar-refractivity contribution in [1.82, 2.24) is 4.90 Å². The van der Waals surface area contributed by atoms with Gasteiger partial charge in [0.15, 0.2) is 0 Å². The Morgan fingerprint density at radius 2 is 2.05 bits per heavy atom. The molecule has 0 aromatic heterocycles. The monoisotopic (exact) mass is 288 g/mol. The number of nitrogens with zero attached hydrogens (tertiary/aromatic N) is 1. The molecule has 0 spiro atoms. The topological polar surface area (TPSA) is 38.5 Å². The van der Waals surface area contributed by atoms with Gasteiger partial charge in [0.05, 0.1) is 6.61 Å². The summed E-state index contributed by atoms with van der Waals surface area (Å²) in [6.45, 7) is 7.79. The van der Waals surface area contributed by atoms with Crippen LogP contribution in [0.4, 0.5) is 0 Å². The summed E-state index contributed by atoms with van der Waals surface area (Å²) in [5, 5.41) is 0. The number of piperidine rings is 1. The van der Waals surface area contributed by atoms with E-state index in [9.17, 15) is 0 Å². The van der Waals surface area contributed by atoms with Crippen molar-refractivity contribution < 1.29 is 4.74 Å². The molecular formula is C18H28N2O. The number of ether oxygens (including phenoxy) is 1. The zero-order chi connectivity index (χ0) is 14.9. The average molecular weight is 288 g/mol. The molecule has 0 bridgehead atoms. The molecule has 0 saturated carbocycles. The number of fused-ring (bicyclic) bond motifs is 1. The molecule has 1 fully saturated rings. The van der Waals surface area contributed by atoms with E-state index in [4.69, 9.17) is 10.5 Å². The Morgan fingerprint density at radius 3 is 2.76 bits per heavy atom. The summed E-state index contributed by atoms with van der Waals surface area (Å²) in [6, 6.07) is 6.59. The highest BCUT2D eigenvalue weighted by atomic mass is 16.5. The third-order valence-corrected chi connectivity index (χ3v) is 5.54. The second-order valence-electron chi connectivity index (χ2n) is 6.70. The van der Waals surface area contributed by atoms with E-state index in [-0.39, 0.29) is 11.6 Å². The zero-order valence-corrected chi connectivity index (χ0v) is 13.4. The predicted molar refractivity (Wildman–Crippen MR) is 86.7 cm³/mol. The molecule has 21 heavy (non-hydrogen) atoms. The van der Waals surface area contributed by atoms with Gasteiger partial charge >= 0.3 is 0 Å². The molecule has 1 aromatic carbocycles. The third kappa shape index (κ3) is 2.69. The van der Waals surface area contributed by atoms with Gasteiger partial charge in [-0.3, -0.25) is 4.90 Å². The van der Waals surface area contributed by atoms with E-state index in [1.54, 1.807) is 0 Å². The second-order valence-corrected chi connectivity index (χ2v) is 6.70. The SMILES string of the molecule is CCC(C)(C(N)c1ccc2c(c1)CCO2)N1CCCCC1. The average Bonchev–Trinajstić information content (AvgIpc) is 3.01. The summed E-state index contributed by atoms with van der Waals surface area (Å²) in [4.78, 5) is 2.62. The number of rotatable bonds is 4. The summed E-state index contributed by atoms with van der Waals surface area (Å²) in [7, 11) is 0. The molecule has 2 unspecified atom stereocenters. The molecule has 3 heteroatoms. The number of likely N-dealkylation sites (tertiary alicyclic amines) is 1. The molecule has 1 aromatic rings. The number of nitrogens with two attached hydrogens (primary N) is 1. The largest absolute Gasteiger partial charge is 0.493 e. The summed E-state index contributed by atoms with van der Waals surface area (Å²) in [6.07, 6.45) is 6.08. The highest BCUT2D eigenvalue weighted by Crippen LogP contribution is 2.36. The summed E-state index contributed by atoms with van der Waals surface area (Å²) >= 11 is 0. The van der Waals surface area contributed by atoms with Crippen molar-refractivity contribution in [2.45, 2.75) is 57.5 Å². The van der Waals surface area contributed by atoms with Gasteiger partial charge in [-0.25, -0.2) is 0 Å². The van der Waals surface area contributed by atoms with Crippen molar-refractivity contribution in [3.05, 3.63) is 29.3 Å². The molecule has 3 rings (SSSR count). The van der Waals surface area contributed by atoms with Gasteiger partial charge in [0.25, 0.3) is 0 Å². The molecule has 3 nitrogen and oxygen atoms in total. The van der Waals surface area contributed by atoms with Crippen LogP contribution < -0.4 is 10.5 Å². The Balaban J connectivity index is 1.85. The van der Waals surface area contributed by atoms with E-state index in [1.807, 2.05) is 0 Å². The van der Waals surface area contributed by atoms with Crippen LogP contribution in [0.25, 0.3) is 0 Å². The van der Waals surface area contributed by atoms with Gasteiger partial charge in [-0.1, -0.05) is 25.5 Å². The van der Waals surface area contributed by atoms with Crippen molar-refractivity contribution in [2.24, 2.45) is 5.73 Å². The molecule has 2 atom stereocenters. The van der Waals surface area contributed by atoms with Gasteiger partial charge in [-0.15, -0.1) is 0 Å². The van der Waals surface area contributed by atoms with Crippen molar-refractivity contribution >= 4 is 0 Å². The standard InChI is InChI=1S/C18H28N2O/c1-3-18(2,20-10-5-4-6-11-20)17(19)15-7-8-16-14(13-15)9-12-21-16/h7-8,13,17H,3-6,9-12,19H2,1-2H3. The Morgan fingerprint density at radius 1 is 1.29 bits per heavy atom. The molecular weight excluding hydrogens is 260 g/mol.